The molecule has 0 radical (unpaired) electrons. The van der Waals surface area contributed by atoms with E-state index in [1.807, 2.05) is 13.8 Å². The second-order valence-corrected chi connectivity index (χ2v) is 5.53. The Labute approximate surface area is 102 Å². The summed E-state index contributed by atoms with van der Waals surface area (Å²) in [5.74, 6) is -0.442. The van der Waals surface area contributed by atoms with Gasteiger partial charge >= 0.3 is 0 Å². The molecule has 0 bridgehead atoms. The Hall–Kier alpha value is -0.960. The van der Waals surface area contributed by atoms with E-state index in [4.69, 9.17) is 0 Å². The van der Waals surface area contributed by atoms with Crippen molar-refractivity contribution in [1.82, 2.24) is 5.32 Å². The third-order valence-electron chi connectivity index (χ3n) is 2.78. The second-order valence-electron chi connectivity index (χ2n) is 5.53. The minimum absolute atomic E-state index is 0.341. The monoisotopic (exact) mass is 241 g/mol. The highest BCUT2D eigenvalue weighted by atomic mass is 19.1. The number of hydrogen-bond donors (Lipinski definition) is 1. The van der Waals surface area contributed by atoms with Crippen LogP contribution in [0.25, 0.3) is 0 Å². The van der Waals surface area contributed by atoms with Gasteiger partial charge < -0.3 is 5.32 Å². The Morgan fingerprint density at radius 2 is 1.88 bits per heavy atom. The van der Waals surface area contributed by atoms with Gasteiger partial charge in [-0.1, -0.05) is 33.8 Å². The summed E-state index contributed by atoms with van der Waals surface area (Å²) in [4.78, 5) is 0. The van der Waals surface area contributed by atoms with Crippen LogP contribution in [-0.2, 0) is 5.41 Å². The third kappa shape index (κ3) is 4.08. The van der Waals surface area contributed by atoms with Crippen LogP contribution < -0.4 is 5.32 Å². The molecule has 0 amide bonds. The average Bonchev–Trinajstić information content (AvgIpc) is 2.15. The summed E-state index contributed by atoms with van der Waals surface area (Å²) in [6.45, 7) is 9.73. The van der Waals surface area contributed by atoms with Crippen LogP contribution in [0.1, 0.15) is 33.3 Å². The van der Waals surface area contributed by atoms with Crippen LogP contribution in [-0.4, -0.2) is 13.1 Å². The van der Waals surface area contributed by atoms with Gasteiger partial charge in [-0.15, -0.1) is 0 Å². The van der Waals surface area contributed by atoms with E-state index in [2.05, 4.69) is 19.2 Å². The molecule has 0 spiro atoms. The van der Waals surface area contributed by atoms with E-state index in [9.17, 15) is 8.78 Å². The molecule has 0 saturated heterocycles. The highest BCUT2D eigenvalue weighted by Crippen LogP contribution is 2.25. The summed E-state index contributed by atoms with van der Waals surface area (Å²) in [6, 6.07) is 3.78. The summed E-state index contributed by atoms with van der Waals surface area (Å²) in [7, 11) is 0. The number of halogens is 2. The van der Waals surface area contributed by atoms with Crippen LogP contribution in [0.15, 0.2) is 18.2 Å². The van der Waals surface area contributed by atoms with Crippen molar-refractivity contribution < 1.29 is 8.78 Å². The van der Waals surface area contributed by atoms with Crippen LogP contribution in [0.3, 0.4) is 0 Å². The molecule has 3 heteroatoms. The summed E-state index contributed by atoms with van der Waals surface area (Å²) >= 11 is 0. The molecule has 1 rings (SSSR count). The molecule has 1 aromatic carbocycles. The lowest BCUT2D eigenvalue weighted by Gasteiger charge is -2.26. The number of rotatable bonds is 5. The zero-order valence-electron chi connectivity index (χ0n) is 11.0. The van der Waals surface area contributed by atoms with Gasteiger partial charge in [0.1, 0.15) is 11.6 Å². The lowest BCUT2D eigenvalue weighted by molar-refractivity contribution is 0.424. The fourth-order valence-electron chi connectivity index (χ4n) is 1.81. The van der Waals surface area contributed by atoms with E-state index in [1.54, 1.807) is 0 Å². The molecule has 0 aliphatic carbocycles. The highest BCUT2D eigenvalue weighted by molar-refractivity contribution is 5.26. The fraction of sp³-hybridized carbons (Fsp3) is 0.571. The summed E-state index contributed by atoms with van der Waals surface area (Å²) in [6.07, 6.45) is 0. The maximum atomic E-state index is 13.7. The normalized spacial score (nSPS) is 12.2. The van der Waals surface area contributed by atoms with Gasteiger partial charge in [0.05, 0.1) is 0 Å². The van der Waals surface area contributed by atoms with E-state index in [0.717, 1.165) is 12.6 Å². The van der Waals surface area contributed by atoms with Crippen molar-refractivity contribution in [3.8, 4) is 0 Å². The lowest BCUT2D eigenvalue weighted by atomic mass is 9.84. The predicted octanol–water partition coefficient (Wildman–Crippen LogP) is 3.49. The molecule has 96 valence electrons. The van der Waals surface area contributed by atoms with Crippen molar-refractivity contribution in [2.75, 3.05) is 13.1 Å². The maximum absolute atomic E-state index is 13.7. The molecule has 0 aromatic heterocycles. The Kier molecular flexibility index (Phi) is 4.63. The molecular weight excluding hydrogens is 220 g/mol. The van der Waals surface area contributed by atoms with Crippen molar-refractivity contribution in [3.63, 3.8) is 0 Å². The van der Waals surface area contributed by atoms with Gasteiger partial charge in [0.25, 0.3) is 0 Å². The van der Waals surface area contributed by atoms with Gasteiger partial charge in [-0.2, -0.15) is 0 Å². The van der Waals surface area contributed by atoms with Gasteiger partial charge in [0, 0.05) is 18.0 Å². The Bertz CT molecular complexity index is 372. The Balaban J connectivity index is 2.74. The van der Waals surface area contributed by atoms with Crippen molar-refractivity contribution in [2.45, 2.75) is 33.1 Å². The van der Waals surface area contributed by atoms with Crippen LogP contribution >= 0.6 is 0 Å². The average molecular weight is 241 g/mol. The Morgan fingerprint density at radius 1 is 1.24 bits per heavy atom. The first-order valence-corrected chi connectivity index (χ1v) is 5.99. The molecule has 0 heterocycles. The van der Waals surface area contributed by atoms with Crippen LogP contribution in [0, 0.1) is 17.6 Å². The summed E-state index contributed by atoms with van der Waals surface area (Å²) < 4.78 is 26.5. The first-order chi connectivity index (χ1) is 7.83. The van der Waals surface area contributed by atoms with Gasteiger partial charge in [-0.05, 0) is 24.1 Å². The van der Waals surface area contributed by atoms with Gasteiger partial charge in [0.2, 0.25) is 0 Å². The van der Waals surface area contributed by atoms with Crippen LogP contribution in [0.2, 0.25) is 0 Å². The van der Waals surface area contributed by atoms with Crippen molar-refractivity contribution in [2.24, 2.45) is 5.92 Å². The molecule has 0 fully saturated rings. The van der Waals surface area contributed by atoms with E-state index in [1.165, 1.54) is 12.1 Å². The number of benzene rings is 1. The molecule has 0 unspecified atom stereocenters. The van der Waals surface area contributed by atoms with Gasteiger partial charge in [0.15, 0.2) is 0 Å². The van der Waals surface area contributed by atoms with Crippen LogP contribution in [0.5, 0.6) is 0 Å². The molecule has 0 aliphatic rings. The Morgan fingerprint density at radius 3 is 2.41 bits per heavy atom. The van der Waals surface area contributed by atoms with Gasteiger partial charge in [-0.25, -0.2) is 8.78 Å². The molecule has 17 heavy (non-hydrogen) atoms. The van der Waals surface area contributed by atoms with E-state index >= 15 is 0 Å². The standard InChI is InChI=1S/C14H21F2N/c1-10(2)8-17-9-14(3,4)12-6-5-11(15)7-13(12)16/h5-7,10,17H,8-9H2,1-4H3. The number of nitrogens with one attached hydrogen (secondary N) is 1. The minimum Gasteiger partial charge on any atom is -0.316 e. The molecule has 1 nitrogen and oxygen atoms in total. The SMILES string of the molecule is CC(C)CNCC(C)(C)c1ccc(F)cc1F. The van der Waals surface area contributed by atoms with E-state index < -0.39 is 11.6 Å². The largest absolute Gasteiger partial charge is 0.316 e. The first-order valence-electron chi connectivity index (χ1n) is 5.99. The number of hydrogen-bond acceptors (Lipinski definition) is 1. The quantitative estimate of drug-likeness (QED) is 0.832. The third-order valence-corrected chi connectivity index (χ3v) is 2.78. The minimum atomic E-state index is -0.530. The first kappa shape index (κ1) is 14.1. The maximum Gasteiger partial charge on any atom is 0.129 e. The molecular formula is C14H21F2N. The van der Waals surface area contributed by atoms with Crippen molar-refractivity contribution in [3.05, 3.63) is 35.4 Å². The van der Waals surface area contributed by atoms with Crippen LogP contribution in [0.4, 0.5) is 8.78 Å². The molecule has 1 aromatic rings. The van der Waals surface area contributed by atoms with Crippen molar-refractivity contribution in [1.29, 1.82) is 0 Å². The van der Waals surface area contributed by atoms with Gasteiger partial charge in [-0.3, -0.25) is 0 Å². The zero-order valence-corrected chi connectivity index (χ0v) is 11.0. The smallest absolute Gasteiger partial charge is 0.129 e. The van der Waals surface area contributed by atoms with E-state index in [-0.39, 0.29) is 5.41 Å². The molecule has 1 N–H and O–H groups in total. The molecule has 0 atom stereocenters. The molecule has 0 saturated carbocycles. The van der Waals surface area contributed by atoms with Crippen molar-refractivity contribution >= 4 is 0 Å². The lowest BCUT2D eigenvalue weighted by Crippen LogP contribution is -2.35. The topological polar surface area (TPSA) is 12.0 Å². The second kappa shape index (κ2) is 5.58. The highest BCUT2D eigenvalue weighted by Gasteiger charge is 2.24. The fourth-order valence-corrected chi connectivity index (χ4v) is 1.81. The summed E-state index contributed by atoms with van der Waals surface area (Å²) in [5.41, 5.74) is 0.210. The zero-order chi connectivity index (χ0) is 13.1. The van der Waals surface area contributed by atoms with E-state index in [0.29, 0.717) is 18.0 Å². The summed E-state index contributed by atoms with van der Waals surface area (Å²) in [5, 5.41) is 3.31. The molecule has 0 aliphatic heterocycles. The predicted molar refractivity (Wildman–Crippen MR) is 67.1 cm³/mol.